The monoisotopic (exact) mass is 350 g/mol. The van der Waals surface area contributed by atoms with Crippen molar-refractivity contribution in [2.75, 3.05) is 17.7 Å². The van der Waals surface area contributed by atoms with Crippen LogP contribution in [0.3, 0.4) is 0 Å². The summed E-state index contributed by atoms with van der Waals surface area (Å²) in [5.74, 6) is 0.630. The molecule has 0 radical (unpaired) electrons. The molecule has 0 aliphatic rings. The van der Waals surface area contributed by atoms with Crippen molar-refractivity contribution in [2.24, 2.45) is 0 Å². The molecule has 108 valence electrons. The number of nitrogens with one attached hydrogen (secondary N) is 3. The average Bonchev–Trinajstić information content (AvgIpc) is 2.93. The summed E-state index contributed by atoms with van der Waals surface area (Å²) in [4.78, 5) is 15.7. The first-order valence-electron chi connectivity index (χ1n) is 6.20. The van der Waals surface area contributed by atoms with E-state index in [1.54, 1.807) is 19.4 Å². The molecule has 0 amide bonds. The molecule has 21 heavy (non-hydrogen) atoms. The number of H-pyrrole nitrogens is 1. The van der Waals surface area contributed by atoms with Gasteiger partial charge in [-0.15, -0.1) is 0 Å². The summed E-state index contributed by atoms with van der Waals surface area (Å²) < 4.78 is 14.1. The van der Waals surface area contributed by atoms with Gasteiger partial charge in [0.2, 0.25) is 5.95 Å². The van der Waals surface area contributed by atoms with Crippen LogP contribution in [-0.2, 0) is 0 Å². The zero-order chi connectivity index (χ0) is 15.0. The van der Waals surface area contributed by atoms with Crippen molar-refractivity contribution in [3.8, 4) is 0 Å². The summed E-state index contributed by atoms with van der Waals surface area (Å²) in [5, 5.41) is 5.99. The van der Waals surface area contributed by atoms with Crippen molar-refractivity contribution in [3.63, 3.8) is 0 Å². The average molecular weight is 351 g/mol. The van der Waals surface area contributed by atoms with E-state index in [0.717, 1.165) is 5.56 Å². The number of aromatic nitrogens is 4. The minimum atomic E-state index is -0.341. The summed E-state index contributed by atoms with van der Waals surface area (Å²) in [7, 11) is 1.72. The molecular weight excluding hydrogens is 339 g/mol. The Labute approximate surface area is 128 Å². The number of rotatable bonds is 3. The maximum absolute atomic E-state index is 13.7. The molecule has 2 aromatic heterocycles. The van der Waals surface area contributed by atoms with Gasteiger partial charge in [0.15, 0.2) is 11.5 Å². The molecular formula is C13H12BrFN6. The Morgan fingerprint density at radius 1 is 1.29 bits per heavy atom. The van der Waals surface area contributed by atoms with Crippen LogP contribution in [0.4, 0.5) is 21.8 Å². The zero-order valence-corrected chi connectivity index (χ0v) is 12.9. The number of aromatic amines is 1. The molecule has 8 heteroatoms. The second-order valence-electron chi connectivity index (χ2n) is 4.45. The van der Waals surface area contributed by atoms with Crippen LogP contribution in [0.25, 0.3) is 11.2 Å². The lowest BCUT2D eigenvalue weighted by Crippen LogP contribution is -2.03. The first kappa shape index (κ1) is 13.7. The van der Waals surface area contributed by atoms with Gasteiger partial charge in [0.1, 0.15) is 11.3 Å². The lowest BCUT2D eigenvalue weighted by molar-refractivity contribution is 0.621. The van der Waals surface area contributed by atoms with E-state index in [1.807, 2.05) is 6.92 Å². The molecule has 3 rings (SSSR count). The number of imidazole rings is 1. The third kappa shape index (κ3) is 2.54. The number of anilines is 3. The highest BCUT2D eigenvalue weighted by atomic mass is 79.9. The van der Waals surface area contributed by atoms with E-state index in [2.05, 4.69) is 46.5 Å². The number of hydrogen-bond donors (Lipinski definition) is 3. The Morgan fingerprint density at radius 2 is 2.10 bits per heavy atom. The van der Waals surface area contributed by atoms with E-state index in [9.17, 15) is 4.39 Å². The summed E-state index contributed by atoms with van der Waals surface area (Å²) in [5.41, 5.74) is 2.72. The molecule has 0 unspecified atom stereocenters. The van der Waals surface area contributed by atoms with Crippen molar-refractivity contribution >= 4 is 44.5 Å². The number of fused-ring (bicyclic) bond motifs is 1. The Bertz CT molecular complexity index is 816. The van der Waals surface area contributed by atoms with Crippen LogP contribution in [0.1, 0.15) is 5.56 Å². The van der Waals surface area contributed by atoms with E-state index in [4.69, 9.17) is 0 Å². The fraction of sp³-hybridized carbons (Fsp3) is 0.154. The predicted octanol–water partition coefficient (Wildman–Crippen LogP) is 3.35. The van der Waals surface area contributed by atoms with Gasteiger partial charge >= 0.3 is 0 Å². The molecule has 0 saturated carbocycles. The van der Waals surface area contributed by atoms with E-state index in [0.29, 0.717) is 33.1 Å². The third-order valence-electron chi connectivity index (χ3n) is 3.03. The largest absolute Gasteiger partial charge is 0.357 e. The van der Waals surface area contributed by atoms with Gasteiger partial charge in [-0.2, -0.15) is 9.97 Å². The summed E-state index contributed by atoms with van der Waals surface area (Å²) >= 11 is 3.17. The fourth-order valence-corrected chi connectivity index (χ4v) is 2.40. The van der Waals surface area contributed by atoms with Crippen LogP contribution in [0.5, 0.6) is 0 Å². The van der Waals surface area contributed by atoms with Crippen molar-refractivity contribution < 1.29 is 4.39 Å². The number of halogens is 2. The standard InChI is InChI=1S/C13H12BrFN6/c1-6-3-7(14)8(15)4-9(6)19-12-10-11(18-5-17-10)20-13(16-2)21-12/h3-5H,1-2H3,(H3,16,17,18,19,20,21). The molecule has 2 heterocycles. The normalized spacial score (nSPS) is 10.9. The minimum Gasteiger partial charge on any atom is -0.357 e. The van der Waals surface area contributed by atoms with Gasteiger partial charge in [-0.3, -0.25) is 0 Å². The molecule has 0 aliphatic heterocycles. The van der Waals surface area contributed by atoms with Crippen molar-refractivity contribution in [2.45, 2.75) is 6.92 Å². The topological polar surface area (TPSA) is 78.5 Å². The second kappa shape index (κ2) is 5.28. The van der Waals surface area contributed by atoms with Crippen LogP contribution in [-0.4, -0.2) is 27.0 Å². The maximum Gasteiger partial charge on any atom is 0.226 e. The number of benzene rings is 1. The highest BCUT2D eigenvalue weighted by Gasteiger charge is 2.12. The molecule has 0 atom stereocenters. The number of aryl methyl sites for hydroxylation is 1. The van der Waals surface area contributed by atoms with Gasteiger partial charge in [-0.05, 0) is 40.5 Å². The van der Waals surface area contributed by atoms with Crippen LogP contribution in [0, 0.1) is 12.7 Å². The Balaban J connectivity index is 2.09. The summed E-state index contributed by atoms with van der Waals surface area (Å²) in [6.07, 6.45) is 1.54. The summed E-state index contributed by atoms with van der Waals surface area (Å²) in [6, 6.07) is 3.13. The molecule has 0 aliphatic carbocycles. The minimum absolute atomic E-state index is 0.341. The smallest absolute Gasteiger partial charge is 0.226 e. The fourth-order valence-electron chi connectivity index (χ4n) is 1.94. The summed E-state index contributed by atoms with van der Waals surface area (Å²) in [6.45, 7) is 1.89. The van der Waals surface area contributed by atoms with Crippen LogP contribution >= 0.6 is 15.9 Å². The Hall–Kier alpha value is -2.22. The van der Waals surface area contributed by atoms with Gasteiger partial charge in [0.05, 0.1) is 10.8 Å². The second-order valence-corrected chi connectivity index (χ2v) is 5.31. The highest BCUT2D eigenvalue weighted by Crippen LogP contribution is 2.28. The quantitative estimate of drug-likeness (QED) is 0.675. The van der Waals surface area contributed by atoms with Crippen LogP contribution in [0.15, 0.2) is 22.9 Å². The van der Waals surface area contributed by atoms with E-state index in [1.165, 1.54) is 6.07 Å². The van der Waals surface area contributed by atoms with Crippen LogP contribution < -0.4 is 10.6 Å². The molecule has 3 N–H and O–H groups in total. The first-order chi connectivity index (χ1) is 10.1. The van der Waals surface area contributed by atoms with E-state index < -0.39 is 0 Å². The predicted molar refractivity (Wildman–Crippen MR) is 83.4 cm³/mol. The molecule has 0 bridgehead atoms. The van der Waals surface area contributed by atoms with E-state index in [-0.39, 0.29) is 5.82 Å². The molecule has 3 aromatic rings. The van der Waals surface area contributed by atoms with Gasteiger partial charge in [-0.1, -0.05) is 0 Å². The van der Waals surface area contributed by atoms with Crippen molar-refractivity contribution in [3.05, 3.63) is 34.3 Å². The van der Waals surface area contributed by atoms with Gasteiger partial charge in [0.25, 0.3) is 0 Å². The Morgan fingerprint density at radius 3 is 2.86 bits per heavy atom. The maximum atomic E-state index is 13.7. The third-order valence-corrected chi connectivity index (χ3v) is 3.64. The van der Waals surface area contributed by atoms with Crippen LogP contribution in [0.2, 0.25) is 0 Å². The molecule has 0 spiro atoms. The first-order valence-corrected chi connectivity index (χ1v) is 6.99. The lowest BCUT2D eigenvalue weighted by atomic mass is 10.2. The van der Waals surface area contributed by atoms with Gasteiger partial charge in [0, 0.05) is 12.7 Å². The van der Waals surface area contributed by atoms with Gasteiger partial charge < -0.3 is 15.6 Å². The SMILES string of the molecule is CNc1nc(Nc2cc(F)c(Br)cc2C)c2[nH]cnc2n1. The highest BCUT2D eigenvalue weighted by molar-refractivity contribution is 9.10. The number of hydrogen-bond acceptors (Lipinski definition) is 5. The molecule has 1 aromatic carbocycles. The number of nitrogens with zero attached hydrogens (tertiary/aromatic N) is 3. The Kier molecular flexibility index (Phi) is 3.46. The molecule has 0 fully saturated rings. The molecule has 6 nitrogen and oxygen atoms in total. The van der Waals surface area contributed by atoms with E-state index >= 15 is 0 Å². The van der Waals surface area contributed by atoms with Gasteiger partial charge in [-0.25, -0.2) is 9.37 Å². The van der Waals surface area contributed by atoms with Crippen molar-refractivity contribution in [1.82, 2.24) is 19.9 Å². The lowest BCUT2D eigenvalue weighted by Gasteiger charge is -2.11. The molecule has 0 saturated heterocycles. The zero-order valence-electron chi connectivity index (χ0n) is 11.3. The van der Waals surface area contributed by atoms with Crippen molar-refractivity contribution in [1.29, 1.82) is 0 Å².